The van der Waals surface area contributed by atoms with Crippen LogP contribution in [0.1, 0.15) is 20.3 Å². The molecule has 0 amide bonds. The highest BCUT2D eigenvalue weighted by Crippen LogP contribution is 2.00. The van der Waals surface area contributed by atoms with Gasteiger partial charge in [0, 0.05) is 0 Å². The predicted molar refractivity (Wildman–Crippen MR) is 36.7 cm³/mol. The first-order valence-corrected chi connectivity index (χ1v) is 3.20. The quantitative estimate of drug-likeness (QED) is 0.245. The molecule has 0 rings (SSSR count). The molecular formula is C7H14O2. The van der Waals surface area contributed by atoms with Gasteiger partial charge in [-0.15, -0.1) is 0 Å². The van der Waals surface area contributed by atoms with Crippen LogP contribution >= 0.6 is 0 Å². The first-order chi connectivity index (χ1) is 4.31. The lowest BCUT2D eigenvalue weighted by Crippen LogP contribution is -2.02. The Balaban J connectivity index is 2.96. The Morgan fingerprint density at radius 1 is 1.67 bits per heavy atom. The van der Waals surface area contributed by atoms with Crippen molar-refractivity contribution in [1.29, 1.82) is 0 Å². The van der Waals surface area contributed by atoms with Crippen molar-refractivity contribution in [1.82, 2.24) is 0 Å². The van der Waals surface area contributed by atoms with E-state index in [9.17, 15) is 0 Å². The third kappa shape index (κ3) is 5.37. The maximum atomic E-state index is 4.72. The molecule has 0 aliphatic carbocycles. The van der Waals surface area contributed by atoms with Crippen molar-refractivity contribution < 1.29 is 9.78 Å². The van der Waals surface area contributed by atoms with Crippen LogP contribution in [0.15, 0.2) is 12.8 Å². The van der Waals surface area contributed by atoms with Gasteiger partial charge < -0.3 is 4.89 Å². The van der Waals surface area contributed by atoms with Gasteiger partial charge in [0.15, 0.2) is 0 Å². The first-order valence-electron chi connectivity index (χ1n) is 3.20. The van der Waals surface area contributed by atoms with Crippen LogP contribution in [0, 0.1) is 5.92 Å². The van der Waals surface area contributed by atoms with Gasteiger partial charge in [0.1, 0.15) is 6.26 Å². The molecule has 2 nitrogen and oxygen atoms in total. The van der Waals surface area contributed by atoms with Gasteiger partial charge in [0.25, 0.3) is 0 Å². The summed E-state index contributed by atoms with van der Waals surface area (Å²) < 4.78 is 0. The normalized spacial score (nSPS) is 12.7. The van der Waals surface area contributed by atoms with E-state index in [0.29, 0.717) is 12.5 Å². The SMILES string of the molecule is C=COOCC(C)CC. The van der Waals surface area contributed by atoms with Crippen LogP contribution in [0.4, 0.5) is 0 Å². The fourth-order valence-corrected chi connectivity index (χ4v) is 0.321. The summed E-state index contributed by atoms with van der Waals surface area (Å²) in [4.78, 5) is 9.19. The van der Waals surface area contributed by atoms with Crippen molar-refractivity contribution in [3.05, 3.63) is 12.8 Å². The van der Waals surface area contributed by atoms with E-state index in [1.165, 1.54) is 6.26 Å². The van der Waals surface area contributed by atoms with Crippen LogP contribution in [0.5, 0.6) is 0 Å². The molecule has 0 aliphatic rings. The summed E-state index contributed by atoms with van der Waals surface area (Å²) in [6.45, 7) is 8.19. The van der Waals surface area contributed by atoms with Crippen LogP contribution in [0.3, 0.4) is 0 Å². The van der Waals surface area contributed by atoms with E-state index in [2.05, 4.69) is 25.3 Å². The van der Waals surface area contributed by atoms with Gasteiger partial charge >= 0.3 is 0 Å². The highest BCUT2D eigenvalue weighted by molar-refractivity contribution is 4.45. The third-order valence-corrected chi connectivity index (χ3v) is 1.19. The highest BCUT2D eigenvalue weighted by Gasteiger charge is 1.96. The molecule has 0 saturated heterocycles. The lowest BCUT2D eigenvalue weighted by Gasteiger charge is -2.05. The van der Waals surface area contributed by atoms with Gasteiger partial charge in [0.2, 0.25) is 0 Å². The molecular weight excluding hydrogens is 116 g/mol. The van der Waals surface area contributed by atoms with E-state index < -0.39 is 0 Å². The molecule has 2 heteroatoms. The van der Waals surface area contributed by atoms with Crippen molar-refractivity contribution in [3.8, 4) is 0 Å². The van der Waals surface area contributed by atoms with Gasteiger partial charge in [-0.05, 0) is 5.92 Å². The number of hydrogen-bond donors (Lipinski definition) is 0. The lowest BCUT2D eigenvalue weighted by molar-refractivity contribution is -0.255. The molecule has 0 N–H and O–H groups in total. The summed E-state index contributed by atoms with van der Waals surface area (Å²) >= 11 is 0. The zero-order valence-electron chi connectivity index (χ0n) is 6.09. The topological polar surface area (TPSA) is 18.5 Å². The van der Waals surface area contributed by atoms with Crippen LogP contribution < -0.4 is 0 Å². The predicted octanol–water partition coefficient (Wildman–Crippen LogP) is 2.12. The lowest BCUT2D eigenvalue weighted by atomic mass is 10.1. The molecule has 0 spiro atoms. The maximum absolute atomic E-state index is 4.72. The van der Waals surface area contributed by atoms with Crippen molar-refractivity contribution in [3.63, 3.8) is 0 Å². The van der Waals surface area contributed by atoms with Gasteiger partial charge in [0.05, 0.1) is 6.61 Å². The standard InChI is InChI=1S/C7H14O2/c1-4-7(3)6-9-8-5-2/h5,7H,2,4,6H2,1,3H3. The molecule has 0 aliphatic heterocycles. The van der Waals surface area contributed by atoms with E-state index >= 15 is 0 Å². The second kappa shape index (κ2) is 5.63. The second-order valence-electron chi connectivity index (χ2n) is 2.06. The average Bonchev–Trinajstić information content (AvgIpc) is 1.89. The largest absolute Gasteiger partial charge is 0.346 e. The van der Waals surface area contributed by atoms with Gasteiger partial charge in [-0.2, -0.15) is 4.89 Å². The van der Waals surface area contributed by atoms with Crippen molar-refractivity contribution in [2.24, 2.45) is 5.92 Å². The molecule has 1 atom stereocenters. The maximum Gasteiger partial charge on any atom is 0.122 e. The Hall–Kier alpha value is -0.500. The van der Waals surface area contributed by atoms with E-state index in [4.69, 9.17) is 4.89 Å². The van der Waals surface area contributed by atoms with E-state index in [1.54, 1.807) is 0 Å². The van der Waals surface area contributed by atoms with Gasteiger partial charge in [-0.3, -0.25) is 0 Å². The average molecular weight is 130 g/mol. The minimum Gasteiger partial charge on any atom is -0.346 e. The third-order valence-electron chi connectivity index (χ3n) is 1.19. The zero-order valence-corrected chi connectivity index (χ0v) is 6.09. The van der Waals surface area contributed by atoms with Crippen LogP contribution in [-0.4, -0.2) is 6.61 Å². The summed E-state index contributed by atoms with van der Waals surface area (Å²) in [7, 11) is 0. The molecule has 0 radical (unpaired) electrons. The van der Waals surface area contributed by atoms with E-state index in [1.807, 2.05) is 0 Å². The highest BCUT2D eigenvalue weighted by atomic mass is 17.2. The molecule has 0 aromatic rings. The molecule has 0 heterocycles. The first kappa shape index (κ1) is 8.50. The Morgan fingerprint density at radius 2 is 2.33 bits per heavy atom. The van der Waals surface area contributed by atoms with Crippen LogP contribution in [-0.2, 0) is 9.78 Å². The second-order valence-corrected chi connectivity index (χ2v) is 2.06. The summed E-state index contributed by atoms with van der Waals surface area (Å²) in [5.41, 5.74) is 0. The van der Waals surface area contributed by atoms with Gasteiger partial charge in [-0.1, -0.05) is 26.8 Å². The molecule has 0 bridgehead atoms. The Bertz CT molecular complexity index is 71.3. The van der Waals surface area contributed by atoms with Crippen LogP contribution in [0.25, 0.3) is 0 Å². The minimum atomic E-state index is 0.560. The molecule has 0 saturated carbocycles. The zero-order chi connectivity index (χ0) is 7.11. The van der Waals surface area contributed by atoms with Crippen molar-refractivity contribution >= 4 is 0 Å². The summed E-state index contributed by atoms with van der Waals surface area (Å²) in [6, 6.07) is 0. The number of hydrogen-bond acceptors (Lipinski definition) is 2. The van der Waals surface area contributed by atoms with Crippen molar-refractivity contribution in [2.45, 2.75) is 20.3 Å². The Morgan fingerprint density at radius 3 is 2.78 bits per heavy atom. The summed E-state index contributed by atoms with van der Waals surface area (Å²) in [5, 5.41) is 0. The number of rotatable bonds is 5. The van der Waals surface area contributed by atoms with Crippen LogP contribution in [0.2, 0.25) is 0 Å². The molecule has 1 unspecified atom stereocenters. The smallest absolute Gasteiger partial charge is 0.122 e. The molecule has 0 fully saturated rings. The molecule has 54 valence electrons. The fourth-order valence-electron chi connectivity index (χ4n) is 0.321. The summed E-state index contributed by atoms with van der Waals surface area (Å²) in [6.07, 6.45) is 2.39. The van der Waals surface area contributed by atoms with E-state index in [-0.39, 0.29) is 0 Å². The molecule has 9 heavy (non-hydrogen) atoms. The van der Waals surface area contributed by atoms with Gasteiger partial charge in [-0.25, -0.2) is 0 Å². The van der Waals surface area contributed by atoms with E-state index in [0.717, 1.165) is 6.42 Å². The molecule has 0 aromatic heterocycles. The monoisotopic (exact) mass is 130 g/mol. The Kier molecular flexibility index (Phi) is 5.32. The minimum absolute atomic E-state index is 0.560. The summed E-state index contributed by atoms with van der Waals surface area (Å²) in [5.74, 6) is 0.560. The molecule has 0 aromatic carbocycles. The van der Waals surface area contributed by atoms with Crippen molar-refractivity contribution in [2.75, 3.05) is 6.61 Å². The Labute approximate surface area is 56.4 Å². The fraction of sp³-hybridized carbons (Fsp3) is 0.714.